The van der Waals surface area contributed by atoms with Crippen molar-refractivity contribution in [3.05, 3.63) is 39.1 Å². The zero-order valence-electron chi connectivity index (χ0n) is 10.2. The summed E-state index contributed by atoms with van der Waals surface area (Å²) in [5, 5.41) is 4.52. The molecule has 0 saturated heterocycles. The quantitative estimate of drug-likeness (QED) is 0.741. The normalized spacial score (nSPS) is 11.3. The predicted molar refractivity (Wildman–Crippen MR) is 77.9 cm³/mol. The van der Waals surface area contributed by atoms with Gasteiger partial charge in [0.15, 0.2) is 0 Å². The summed E-state index contributed by atoms with van der Waals surface area (Å²) in [7, 11) is 0. The van der Waals surface area contributed by atoms with Crippen LogP contribution in [0.15, 0.2) is 27.7 Å². The van der Waals surface area contributed by atoms with Crippen molar-refractivity contribution in [2.75, 3.05) is 6.67 Å². The second-order valence-corrected chi connectivity index (χ2v) is 5.92. The van der Waals surface area contributed by atoms with Gasteiger partial charge in [-0.25, -0.2) is 9.37 Å². The van der Waals surface area contributed by atoms with Crippen LogP contribution in [0.1, 0.15) is 5.82 Å². The molecule has 3 rings (SSSR count). The molecule has 98 valence electrons. The maximum absolute atomic E-state index is 12.6. The molecular formula is C13H11FN2OS2. The van der Waals surface area contributed by atoms with Crippen LogP contribution in [-0.4, -0.2) is 16.2 Å². The zero-order valence-corrected chi connectivity index (χ0v) is 11.9. The fourth-order valence-electron chi connectivity index (χ4n) is 2.09. The van der Waals surface area contributed by atoms with Crippen molar-refractivity contribution in [1.29, 1.82) is 0 Å². The lowest BCUT2D eigenvalue weighted by Gasteiger charge is -2.07. The SMILES string of the molecule is Cc1nc2scc(-c3cccs3)c2c(=O)n1CCF. The molecule has 3 aromatic heterocycles. The fraction of sp³-hybridized carbons (Fsp3) is 0.231. The van der Waals surface area contributed by atoms with E-state index in [4.69, 9.17) is 0 Å². The molecule has 0 aromatic carbocycles. The summed E-state index contributed by atoms with van der Waals surface area (Å²) in [5.41, 5.74) is 0.755. The fourth-order valence-corrected chi connectivity index (χ4v) is 3.88. The monoisotopic (exact) mass is 294 g/mol. The molecule has 0 N–H and O–H groups in total. The number of thiophene rings is 2. The molecule has 0 bridgehead atoms. The lowest BCUT2D eigenvalue weighted by Crippen LogP contribution is -2.24. The number of hydrogen-bond donors (Lipinski definition) is 0. The second-order valence-electron chi connectivity index (χ2n) is 4.11. The van der Waals surface area contributed by atoms with Gasteiger partial charge in [-0.1, -0.05) is 6.07 Å². The molecule has 0 aliphatic heterocycles. The highest BCUT2D eigenvalue weighted by molar-refractivity contribution is 7.18. The lowest BCUT2D eigenvalue weighted by atomic mass is 10.2. The summed E-state index contributed by atoms with van der Waals surface area (Å²) in [6.45, 7) is 1.24. The Kier molecular flexibility index (Phi) is 3.20. The van der Waals surface area contributed by atoms with Crippen molar-refractivity contribution in [1.82, 2.24) is 9.55 Å². The number of alkyl halides is 1. The third-order valence-electron chi connectivity index (χ3n) is 2.98. The molecule has 19 heavy (non-hydrogen) atoms. The van der Waals surface area contributed by atoms with Crippen LogP contribution in [0.25, 0.3) is 20.7 Å². The number of rotatable bonds is 3. The van der Waals surface area contributed by atoms with Crippen molar-refractivity contribution in [3.8, 4) is 10.4 Å². The minimum absolute atomic E-state index is 0.0628. The molecule has 3 heterocycles. The largest absolute Gasteiger partial charge is 0.294 e. The summed E-state index contributed by atoms with van der Waals surface area (Å²) in [6, 6.07) is 3.93. The lowest BCUT2D eigenvalue weighted by molar-refractivity contribution is 0.435. The van der Waals surface area contributed by atoms with Gasteiger partial charge in [0.25, 0.3) is 5.56 Å². The Hall–Kier alpha value is -1.53. The average Bonchev–Trinajstić information content (AvgIpc) is 3.02. The van der Waals surface area contributed by atoms with E-state index in [0.717, 1.165) is 15.3 Å². The van der Waals surface area contributed by atoms with E-state index < -0.39 is 6.67 Å². The molecule has 0 radical (unpaired) electrons. The molecule has 0 saturated carbocycles. The first-order chi connectivity index (χ1) is 9.22. The van der Waals surface area contributed by atoms with E-state index in [-0.39, 0.29) is 12.1 Å². The molecule has 0 atom stereocenters. The Bertz CT molecular complexity index is 774. The second kappa shape index (κ2) is 4.86. The maximum atomic E-state index is 12.6. The molecule has 3 aromatic rings. The Morgan fingerprint density at radius 3 is 2.95 bits per heavy atom. The van der Waals surface area contributed by atoms with Gasteiger partial charge in [0.1, 0.15) is 17.3 Å². The first-order valence-electron chi connectivity index (χ1n) is 5.81. The topological polar surface area (TPSA) is 34.9 Å². The van der Waals surface area contributed by atoms with E-state index in [1.807, 2.05) is 22.9 Å². The van der Waals surface area contributed by atoms with E-state index in [1.54, 1.807) is 18.3 Å². The highest BCUT2D eigenvalue weighted by Crippen LogP contribution is 2.33. The number of nitrogens with zero attached hydrogens (tertiary/aromatic N) is 2. The third kappa shape index (κ3) is 2.01. The first kappa shape index (κ1) is 12.5. The van der Waals surface area contributed by atoms with Gasteiger partial charge in [0.05, 0.1) is 11.9 Å². The van der Waals surface area contributed by atoms with E-state index in [0.29, 0.717) is 11.2 Å². The molecule has 6 heteroatoms. The Labute approximate surface area is 117 Å². The van der Waals surface area contributed by atoms with Crippen LogP contribution in [0.2, 0.25) is 0 Å². The van der Waals surface area contributed by atoms with Gasteiger partial charge in [-0.2, -0.15) is 0 Å². The van der Waals surface area contributed by atoms with Crippen LogP contribution in [-0.2, 0) is 6.54 Å². The molecule has 0 unspecified atom stereocenters. The highest BCUT2D eigenvalue weighted by atomic mass is 32.1. The van der Waals surface area contributed by atoms with Crippen LogP contribution in [0.5, 0.6) is 0 Å². The maximum Gasteiger partial charge on any atom is 0.263 e. The minimum atomic E-state index is -0.563. The van der Waals surface area contributed by atoms with Crippen molar-refractivity contribution < 1.29 is 4.39 Å². The van der Waals surface area contributed by atoms with Crippen LogP contribution >= 0.6 is 22.7 Å². The van der Waals surface area contributed by atoms with Gasteiger partial charge >= 0.3 is 0 Å². The molecule has 0 amide bonds. The summed E-state index contributed by atoms with van der Waals surface area (Å²) in [5.74, 6) is 0.565. The van der Waals surface area contributed by atoms with Gasteiger partial charge in [-0.3, -0.25) is 9.36 Å². The van der Waals surface area contributed by atoms with Gasteiger partial charge in [-0.05, 0) is 18.4 Å². The predicted octanol–water partition coefficient (Wildman–Crippen LogP) is 3.46. The van der Waals surface area contributed by atoms with Gasteiger partial charge in [-0.15, -0.1) is 22.7 Å². The Morgan fingerprint density at radius 1 is 1.42 bits per heavy atom. The van der Waals surface area contributed by atoms with Crippen molar-refractivity contribution in [2.45, 2.75) is 13.5 Å². The van der Waals surface area contributed by atoms with Crippen LogP contribution in [0, 0.1) is 6.92 Å². The van der Waals surface area contributed by atoms with E-state index in [9.17, 15) is 9.18 Å². The molecular weight excluding hydrogens is 283 g/mol. The van der Waals surface area contributed by atoms with E-state index in [2.05, 4.69) is 4.98 Å². The Balaban J connectivity index is 2.33. The van der Waals surface area contributed by atoms with E-state index >= 15 is 0 Å². The van der Waals surface area contributed by atoms with Crippen LogP contribution < -0.4 is 5.56 Å². The van der Waals surface area contributed by atoms with Crippen molar-refractivity contribution in [2.24, 2.45) is 0 Å². The smallest absolute Gasteiger partial charge is 0.263 e. The number of halogens is 1. The molecule has 0 fully saturated rings. The first-order valence-corrected chi connectivity index (χ1v) is 7.57. The number of aromatic nitrogens is 2. The van der Waals surface area contributed by atoms with Crippen molar-refractivity contribution >= 4 is 32.9 Å². The van der Waals surface area contributed by atoms with Gasteiger partial charge in [0.2, 0.25) is 0 Å². The third-order valence-corrected chi connectivity index (χ3v) is 4.75. The summed E-state index contributed by atoms with van der Waals surface area (Å²) in [6.07, 6.45) is 0. The van der Waals surface area contributed by atoms with Gasteiger partial charge < -0.3 is 0 Å². The Morgan fingerprint density at radius 2 is 2.26 bits per heavy atom. The van der Waals surface area contributed by atoms with Crippen LogP contribution in [0.3, 0.4) is 0 Å². The number of hydrogen-bond acceptors (Lipinski definition) is 4. The molecule has 0 aliphatic rings. The zero-order chi connectivity index (χ0) is 13.4. The van der Waals surface area contributed by atoms with E-state index in [1.165, 1.54) is 15.9 Å². The molecule has 0 aliphatic carbocycles. The minimum Gasteiger partial charge on any atom is -0.294 e. The van der Waals surface area contributed by atoms with Gasteiger partial charge in [0, 0.05) is 15.8 Å². The van der Waals surface area contributed by atoms with Crippen molar-refractivity contribution in [3.63, 3.8) is 0 Å². The molecule has 3 nitrogen and oxygen atoms in total. The average molecular weight is 294 g/mol. The summed E-state index contributed by atoms with van der Waals surface area (Å²) < 4.78 is 14.0. The van der Waals surface area contributed by atoms with Crippen LogP contribution in [0.4, 0.5) is 4.39 Å². The highest BCUT2D eigenvalue weighted by Gasteiger charge is 2.15. The summed E-state index contributed by atoms with van der Waals surface area (Å²) >= 11 is 3.04. The summed E-state index contributed by atoms with van der Waals surface area (Å²) in [4.78, 5) is 18.7. The number of fused-ring (bicyclic) bond motifs is 1. The standard InChI is InChI=1S/C13H11FN2OS2/c1-8-15-12-11(13(17)16(8)5-4-14)9(7-19-12)10-3-2-6-18-10/h2-3,6-7H,4-5H2,1H3. The number of aryl methyl sites for hydroxylation is 1. The molecule has 0 spiro atoms.